The topological polar surface area (TPSA) is 84.2 Å². The summed E-state index contributed by atoms with van der Waals surface area (Å²) < 4.78 is 1.68. The van der Waals surface area contributed by atoms with Gasteiger partial charge in [0.2, 0.25) is 0 Å². The van der Waals surface area contributed by atoms with Crippen molar-refractivity contribution in [2.45, 2.75) is 44.6 Å². The molecule has 0 saturated heterocycles. The summed E-state index contributed by atoms with van der Waals surface area (Å²) in [6.07, 6.45) is 5.08. The van der Waals surface area contributed by atoms with E-state index in [0.29, 0.717) is 24.1 Å². The Bertz CT molecular complexity index is 746. The average Bonchev–Trinajstić information content (AvgIpc) is 2.98. The fraction of sp³-hybridized carbons (Fsp3) is 0.389. The number of aromatic nitrogens is 2. The van der Waals surface area contributed by atoms with Gasteiger partial charge >= 0.3 is 5.97 Å². The zero-order valence-corrected chi connectivity index (χ0v) is 13.7. The van der Waals surface area contributed by atoms with Crippen molar-refractivity contribution in [3.63, 3.8) is 0 Å². The van der Waals surface area contributed by atoms with Gasteiger partial charge in [0.05, 0.1) is 23.1 Å². The lowest BCUT2D eigenvalue weighted by atomic mass is 9.81. The number of amides is 1. The molecule has 6 nitrogen and oxygen atoms in total. The number of carbonyl (C=O) groups is 2. The number of carboxylic acid groups (broad SMARTS) is 1. The van der Waals surface area contributed by atoms with Crippen LogP contribution in [0.15, 0.2) is 36.5 Å². The standard InChI is InChI=1S/C18H21N3O3/c1-13-15(12-19-21(13)14-8-4-2-5-9-14)16(22)20-18(17(23)24)10-6-3-7-11-18/h2,4-5,8-9,12H,3,6-7,10-11H2,1H3,(H,20,22)(H,23,24). The lowest BCUT2D eigenvalue weighted by molar-refractivity contribution is -0.145. The van der Waals surface area contributed by atoms with Gasteiger partial charge in [-0.05, 0) is 31.9 Å². The zero-order valence-electron chi connectivity index (χ0n) is 13.7. The van der Waals surface area contributed by atoms with E-state index in [1.807, 2.05) is 37.3 Å². The number of carbonyl (C=O) groups excluding carboxylic acids is 1. The molecule has 1 amide bonds. The summed E-state index contributed by atoms with van der Waals surface area (Å²) in [6.45, 7) is 1.81. The summed E-state index contributed by atoms with van der Waals surface area (Å²) in [5.74, 6) is -1.33. The van der Waals surface area contributed by atoms with Crippen LogP contribution in [0.1, 0.15) is 48.2 Å². The molecule has 6 heteroatoms. The van der Waals surface area contributed by atoms with E-state index in [0.717, 1.165) is 24.9 Å². The first kappa shape index (κ1) is 16.2. The van der Waals surface area contributed by atoms with Gasteiger partial charge in [-0.3, -0.25) is 4.79 Å². The van der Waals surface area contributed by atoms with Gasteiger partial charge < -0.3 is 10.4 Å². The van der Waals surface area contributed by atoms with Gasteiger partial charge in [0, 0.05) is 0 Å². The van der Waals surface area contributed by atoms with Crippen LogP contribution in [0.5, 0.6) is 0 Å². The van der Waals surface area contributed by atoms with Crippen molar-refractivity contribution in [1.82, 2.24) is 15.1 Å². The molecule has 1 heterocycles. The summed E-state index contributed by atoms with van der Waals surface area (Å²) in [5.41, 5.74) is 0.802. The van der Waals surface area contributed by atoms with E-state index in [1.165, 1.54) is 6.20 Å². The summed E-state index contributed by atoms with van der Waals surface area (Å²) in [7, 11) is 0. The van der Waals surface area contributed by atoms with Gasteiger partial charge in [0.1, 0.15) is 5.54 Å². The highest BCUT2D eigenvalue weighted by molar-refractivity contribution is 5.98. The van der Waals surface area contributed by atoms with Crippen LogP contribution in [0.3, 0.4) is 0 Å². The van der Waals surface area contributed by atoms with Crippen molar-refractivity contribution in [1.29, 1.82) is 0 Å². The Morgan fingerprint density at radius 2 is 1.83 bits per heavy atom. The number of para-hydroxylation sites is 1. The van der Waals surface area contributed by atoms with Crippen LogP contribution in [0.25, 0.3) is 5.69 Å². The first-order valence-electron chi connectivity index (χ1n) is 8.19. The molecule has 1 aromatic heterocycles. The van der Waals surface area contributed by atoms with Gasteiger partial charge in [-0.25, -0.2) is 9.48 Å². The number of benzene rings is 1. The number of hydrogen-bond acceptors (Lipinski definition) is 3. The lowest BCUT2D eigenvalue weighted by Gasteiger charge is -2.33. The molecule has 1 saturated carbocycles. The van der Waals surface area contributed by atoms with Crippen LogP contribution in [-0.4, -0.2) is 32.3 Å². The van der Waals surface area contributed by atoms with E-state index in [2.05, 4.69) is 10.4 Å². The Hall–Kier alpha value is -2.63. The SMILES string of the molecule is Cc1c(C(=O)NC2(C(=O)O)CCCCC2)cnn1-c1ccccc1. The first-order valence-corrected chi connectivity index (χ1v) is 8.19. The highest BCUT2D eigenvalue weighted by atomic mass is 16.4. The number of nitrogens with one attached hydrogen (secondary N) is 1. The maximum atomic E-state index is 12.7. The van der Waals surface area contributed by atoms with E-state index in [9.17, 15) is 14.7 Å². The monoisotopic (exact) mass is 327 g/mol. The van der Waals surface area contributed by atoms with E-state index >= 15 is 0 Å². The van der Waals surface area contributed by atoms with Gasteiger partial charge in [-0.2, -0.15) is 5.10 Å². The fourth-order valence-corrected chi connectivity index (χ4v) is 3.29. The smallest absolute Gasteiger partial charge is 0.329 e. The van der Waals surface area contributed by atoms with Crippen molar-refractivity contribution in [2.75, 3.05) is 0 Å². The molecule has 0 atom stereocenters. The molecule has 0 aliphatic heterocycles. The number of rotatable bonds is 4. The highest BCUT2D eigenvalue weighted by Gasteiger charge is 2.41. The second kappa shape index (κ2) is 6.47. The molecular formula is C18H21N3O3. The summed E-state index contributed by atoms with van der Waals surface area (Å²) in [4.78, 5) is 24.4. The third kappa shape index (κ3) is 2.91. The lowest BCUT2D eigenvalue weighted by Crippen LogP contribution is -2.55. The Kier molecular flexibility index (Phi) is 4.38. The highest BCUT2D eigenvalue weighted by Crippen LogP contribution is 2.29. The predicted octanol–water partition coefficient (Wildman–Crippen LogP) is 2.70. The van der Waals surface area contributed by atoms with Crippen molar-refractivity contribution in [2.24, 2.45) is 0 Å². The van der Waals surface area contributed by atoms with Crippen molar-refractivity contribution < 1.29 is 14.7 Å². The molecule has 0 radical (unpaired) electrons. The maximum Gasteiger partial charge on any atom is 0.329 e. The van der Waals surface area contributed by atoms with Crippen LogP contribution in [0.4, 0.5) is 0 Å². The molecule has 0 unspecified atom stereocenters. The quantitative estimate of drug-likeness (QED) is 0.904. The van der Waals surface area contributed by atoms with Gasteiger partial charge in [-0.15, -0.1) is 0 Å². The molecular weight excluding hydrogens is 306 g/mol. The van der Waals surface area contributed by atoms with Crippen molar-refractivity contribution in [3.8, 4) is 5.69 Å². The molecule has 2 aromatic rings. The molecule has 1 aliphatic carbocycles. The Morgan fingerprint density at radius 1 is 1.17 bits per heavy atom. The molecule has 1 fully saturated rings. The Balaban J connectivity index is 1.85. The molecule has 126 valence electrons. The second-order valence-corrected chi connectivity index (χ2v) is 6.29. The largest absolute Gasteiger partial charge is 0.480 e. The molecule has 1 aromatic carbocycles. The fourth-order valence-electron chi connectivity index (χ4n) is 3.29. The number of carboxylic acids is 1. The molecule has 0 bridgehead atoms. The predicted molar refractivity (Wildman–Crippen MR) is 89.2 cm³/mol. The normalized spacial score (nSPS) is 16.5. The minimum absolute atomic E-state index is 0.376. The summed E-state index contributed by atoms with van der Waals surface area (Å²) in [5, 5.41) is 16.6. The first-order chi connectivity index (χ1) is 11.5. The Morgan fingerprint density at radius 3 is 2.46 bits per heavy atom. The number of hydrogen-bond donors (Lipinski definition) is 2. The van der Waals surface area contributed by atoms with Gasteiger partial charge in [0.25, 0.3) is 5.91 Å². The van der Waals surface area contributed by atoms with Gasteiger partial charge in [-0.1, -0.05) is 37.5 Å². The molecule has 2 N–H and O–H groups in total. The zero-order chi connectivity index (χ0) is 17.2. The second-order valence-electron chi connectivity index (χ2n) is 6.29. The van der Waals surface area contributed by atoms with Crippen LogP contribution in [-0.2, 0) is 4.79 Å². The van der Waals surface area contributed by atoms with E-state index < -0.39 is 11.5 Å². The van der Waals surface area contributed by atoms with E-state index in [4.69, 9.17) is 0 Å². The van der Waals surface area contributed by atoms with E-state index in [1.54, 1.807) is 4.68 Å². The maximum absolute atomic E-state index is 12.7. The molecule has 0 spiro atoms. The van der Waals surface area contributed by atoms with Crippen molar-refractivity contribution in [3.05, 3.63) is 47.8 Å². The minimum atomic E-state index is -1.16. The minimum Gasteiger partial charge on any atom is -0.480 e. The van der Waals surface area contributed by atoms with Crippen LogP contribution < -0.4 is 5.32 Å². The molecule has 24 heavy (non-hydrogen) atoms. The van der Waals surface area contributed by atoms with Crippen LogP contribution in [0.2, 0.25) is 0 Å². The van der Waals surface area contributed by atoms with Crippen LogP contribution in [0, 0.1) is 6.92 Å². The third-order valence-electron chi connectivity index (χ3n) is 4.72. The van der Waals surface area contributed by atoms with Crippen LogP contribution >= 0.6 is 0 Å². The van der Waals surface area contributed by atoms with E-state index in [-0.39, 0.29) is 5.91 Å². The third-order valence-corrected chi connectivity index (χ3v) is 4.72. The number of nitrogens with zero attached hydrogens (tertiary/aromatic N) is 2. The van der Waals surface area contributed by atoms with Gasteiger partial charge in [0.15, 0.2) is 0 Å². The summed E-state index contributed by atoms with van der Waals surface area (Å²) in [6, 6.07) is 9.52. The molecule has 1 aliphatic rings. The average molecular weight is 327 g/mol. The van der Waals surface area contributed by atoms with Crippen molar-refractivity contribution >= 4 is 11.9 Å². The Labute approximate surface area is 140 Å². The summed E-state index contributed by atoms with van der Waals surface area (Å²) >= 11 is 0. The number of aliphatic carboxylic acids is 1. The molecule has 3 rings (SSSR count).